The molecule has 0 bridgehead atoms. The minimum atomic E-state index is -0.726. The van der Waals surface area contributed by atoms with Crippen molar-refractivity contribution in [1.29, 1.82) is 0 Å². The molecule has 0 spiro atoms. The minimum absolute atomic E-state index is 0.253. The number of hydrogen-bond acceptors (Lipinski definition) is 5. The third kappa shape index (κ3) is 5.79. The molecule has 1 aromatic carbocycles. The highest BCUT2D eigenvalue weighted by atomic mass is 16.6. The number of hydrogen-bond donors (Lipinski definition) is 0. The lowest BCUT2D eigenvalue weighted by molar-refractivity contribution is -0.154. The van der Waals surface area contributed by atoms with Crippen LogP contribution >= 0.6 is 0 Å². The van der Waals surface area contributed by atoms with Crippen molar-refractivity contribution in [3.05, 3.63) is 42.5 Å². The lowest BCUT2D eigenvalue weighted by Gasteiger charge is -2.11. The predicted molar refractivity (Wildman–Crippen MR) is 78.5 cm³/mol. The number of benzene rings is 1. The molecule has 1 rings (SSSR count). The van der Waals surface area contributed by atoms with E-state index in [-0.39, 0.29) is 19.0 Å². The van der Waals surface area contributed by atoms with Crippen molar-refractivity contribution in [2.24, 2.45) is 0 Å². The highest BCUT2D eigenvalue weighted by Gasteiger charge is 2.16. The van der Waals surface area contributed by atoms with Crippen molar-refractivity contribution in [1.82, 2.24) is 0 Å². The van der Waals surface area contributed by atoms with Crippen molar-refractivity contribution in [3.63, 3.8) is 0 Å². The molecular formula is C16H20O5. The number of ether oxygens (including phenoxy) is 3. The Bertz CT molecular complexity index is 478. The van der Waals surface area contributed by atoms with E-state index in [2.05, 4.69) is 6.58 Å². The zero-order chi connectivity index (χ0) is 15.7. The van der Waals surface area contributed by atoms with E-state index >= 15 is 0 Å². The second kappa shape index (κ2) is 8.92. The van der Waals surface area contributed by atoms with Crippen LogP contribution in [0.2, 0.25) is 0 Å². The number of ketones is 1. The van der Waals surface area contributed by atoms with Gasteiger partial charge in [-0.1, -0.05) is 6.08 Å². The Kier molecular flexibility index (Phi) is 7.18. The number of rotatable bonds is 9. The van der Waals surface area contributed by atoms with Gasteiger partial charge in [-0.05, 0) is 38.1 Å². The first kappa shape index (κ1) is 16.9. The number of carbonyl (C=O) groups is 2. The summed E-state index contributed by atoms with van der Waals surface area (Å²) in [5.74, 6) is -0.157. The van der Waals surface area contributed by atoms with Gasteiger partial charge in [0.1, 0.15) is 5.75 Å². The first-order valence-corrected chi connectivity index (χ1v) is 6.73. The highest BCUT2D eigenvalue weighted by molar-refractivity contribution is 5.98. The van der Waals surface area contributed by atoms with Crippen LogP contribution in [0, 0.1) is 0 Å². The standard InChI is InChI=1S/C16H20O5/c1-4-10-20-12(3)16(18)21-11-15(17)13-6-8-14(9-7-13)19-5-2/h4,6-9,12H,1,5,10-11H2,2-3H3. The van der Waals surface area contributed by atoms with Crippen molar-refractivity contribution < 1.29 is 23.8 Å². The van der Waals surface area contributed by atoms with Gasteiger partial charge in [-0.25, -0.2) is 4.79 Å². The third-order valence-corrected chi connectivity index (χ3v) is 2.63. The lowest BCUT2D eigenvalue weighted by atomic mass is 10.1. The highest BCUT2D eigenvalue weighted by Crippen LogP contribution is 2.12. The van der Waals surface area contributed by atoms with E-state index in [0.717, 1.165) is 0 Å². The summed E-state index contributed by atoms with van der Waals surface area (Å²) in [6, 6.07) is 6.68. The fourth-order valence-corrected chi connectivity index (χ4v) is 1.52. The molecule has 0 aliphatic carbocycles. The minimum Gasteiger partial charge on any atom is -0.494 e. The summed E-state index contributed by atoms with van der Waals surface area (Å²) in [6.07, 6.45) is 0.811. The maximum atomic E-state index is 11.9. The smallest absolute Gasteiger partial charge is 0.335 e. The third-order valence-electron chi connectivity index (χ3n) is 2.63. The van der Waals surface area contributed by atoms with E-state index < -0.39 is 12.1 Å². The zero-order valence-electron chi connectivity index (χ0n) is 12.3. The van der Waals surface area contributed by atoms with Crippen LogP contribution in [-0.4, -0.2) is 37.7 Å². The lowest BCUT2D eigenvalue weighted by Crippen LogP contribution is -2.25. The number of esters is 1. The summed E-state index contributed by atoms with van der Waals surface area (Å²) in [5.41, 5.74) is 0.464. The van der Waals surface area contributed by atoms with Crippen molar-refractivity contribution in [2.75, 3.05) is 19.8 Å². The topological polar surface area (TPSA) is 61.8 Å². The van der Waals surface area contributed by atoms with Gasteiger partial charge in [-0.3, -0.25) is 4.79 Å². The van der Waals surface area contributed by atoms with Crippen LogP contribution in [0.3, 0.4) is 0 Å². The van der Waals surface area contributed by atoms with Crippen LogP contribution in [0.5, 0.6) is 5.75 Å². The second-order valence-corrected chi connectivity index (χ2v) is 4.25. The number of carbonyl (C=O) groups excluding carboxylic acids is 2. The van der Waals surface area contributed by atoms with Crippen LogP contribution in [0.1, 0.15) is 24.2 Å². The molecule has 0 radical (unpaired) electrons. The second-order valence-electron chi connectivity index (χ2n) is 4.25. The molecule has 5 heteroatoms. The number of Topliss-reactive ketones (excluding diaryl/α,β-unsaturated/α-hetero) is 1. The Morgan fingerprint density at radius 1 is 1.29 bits per heavy atom. The van der Waals surface area contributed by atoms with E-state index in [4.69, 9.17) is 14.2 Å². The Balaban J connectivity index is 2.45. The van der Waals surface area contributed by atoms with Crippen molar-refractivity contribution >= 4 is 11.8 Å². The van der Waals surface area contributed by atoms with Gasteiger partial charge in [0.2, 0.25) is 0 Å². The monoisotopic (exact) mass is 292 g/mol. The fourth-order valence-electron chi connectivity index (χ4n) is 1.52. The molecule has 5 nitrogen and oxygen atoms in total. The predicted octanol–water partition coefficient (Wildman–Crippen LogP) is 2.40. The molecule has 1 aromatic rings. The average molecular weight is 292 g/mol. The zero-order valence-corrected chi connectivity index (χ0v) is 12.3. The molecule has 0 saturated carbocycles. The molecule has 0 saturated heterocycles. The first-order valence-electron chi connectivity index (χ1n) is 6.73. The van der Waals surface area contributed by atoms with Crippen LogP contribution in [-0.2, 0) is 14.3 Å². The van der Waals surface area contributed by atoms with E-state index in [1.807, 2.05) is 6.92 Å². The summed E-state index contributed by atoms with van der Waals surface area (Å²) < 4.78 is 15.3. The Morgan fingerprint density at radius 3 is 2.52 bits per heavy atom. The molecule has 0 fully saturated rings. The van der Waals surface area contributed by atoms with Gasteiger partial charge in [-0.15, -0.1) is 6.58 Å². The molecule has 0 amide bonds. The van der Waals surface area contributed by atoms with E-state index in [1.54, 1.807) is 31.2 Å². The summed E-state index contributed by atoms with van der Waals surface area (Å²) >= 11 is 0. The largest absolute Gasteiger partial charge is 0.494 e. The quantitative estimate of drug-likeness (QED) is 0.397. The molecule has 0 aliphatic heterocycles. The van der Waals surface area contributed by atoms with E-state index in [1.165, 1.54) is 6.08 Å². The van der Waals surface area contributed by atoms with Gasteiger partial charge in [0, 0.05) is 5.56 Å². The van der Waals surface area contributed by atoms with Gasteiger partial charge in [0.25, 0.3) is 0 Å². The normalized spacial score (nSPS) is 11.5. The molecule has 21 heavy (non-hydrogen) atoms. The molecule has 0 aliphatic rings. The van der Waals surface area contributed by atoms with Crippen LogP contribution in [0.15, 0.2) is 36.9 Å². The Hall–Kier alpha value is -2.14. The van der Waals surface area contributed by atoms with Gasteiger partial charge in [-0.2, -0.15) is 0 Å². The summed E-state index contributed by atoms with van der Waals surface area (Å²) in [6.45, 7) is 7.44. The Morgan fingerprint density at radius 2 is 1.95 bits per heavy atom. The van der Waals surface area contributed by atoms with Crippen LogP contribution < -0.4 is 4.74 Å². The molecule has 0 aromatic heterocycles. The van der Waals surface area contributed by atoms with Crippen LogP contribution in [0.25, 0.3) is 0 Å². The molecule has 1 atom stereocenters. The maximum absolute atomic E-state index is 11.9. The summed E-state index contributed by atoms with van der Waals surface area (Å²) in [4.78, 5) is 23.5. The fraction of sp³-hybridized carbons (Fsp3) is 0.375. The van der Waals surface area contributed by atoms with Crippen molar-refractivity contribution in [3.8, 4) is 5.75 Å². The molecule has 0 heterocycles. The SMILES string of the molecule is C=CCOC(C)C(=O)OCC(=O)c1ccc(OCC)cc1. The van der Waals surface area contributed by atoms with E-state index in [9.17, 15) is 9.59 Å². The summed E-state index contributed by atoms with van der Waals surface area (Å²) in [7, 11) is 0. The molecule has 0 N–H and O–H groups in total. The van der Waals surface area contributed by atoms with E-state index in [0.29, 0.717) is 17.9 Å². The average Bonchev–Trinajstić information content (AvgIpc) is 2.50. The molecule has 114 valence electrons. The van der Waals surface area contributed by atoms with Gasteiger partial charge >= 0.3 is 5.97 Å². The molecular weight excluding hydrogens is 272 g/mol. The first-order chi connectivity index (χ1) is 10.1. The molecule has 1 unspecified atom stereocenters. The van der Waals surface area contributed by atoms with Crippen LogP contribution in [0.4, 0.5) is 0 Å². The Labute approximate surface area is 124 Å². The maximum Gasteiger partial charge on any atom is 0.335 e. The van der Waals surface area contributed by atoms with Gasteiger partial charge in [0.15, 0.2) is 18.5 Å². The van der Waals surface area contributed by atoms with Gasteiger partial charge < -0.3 is 14.2 Å². The van der Waals surface area contributed by atoms with Crippen molar-refractivity contribution in [2.45, 2.75) is 20.0 Å². The van der Waals surface area contributed by atoms with Gasteiger partial charge in [0.05, 0.1) is 13.2 Å². The summed E-state index contributed by atoms with van der Waals surface area (Å²) in [5, 5.41) is 0.